The van der Waals surface area contributed by atoms with Gasteiger partial charge in [0.15, 0.2) is 5.65 Å². The van der Waals surface area contributed by atoms with E-state index in [0.29, 0.717) is 18.1 Å². The molecule has 2 aromatic carbocycles. The Kier molecular flexibility index (Phi) is 6.15. The summed E-state index contributed by atoms with van der Waals surface area (Å²) in [5.41, 5.74) is 7.16. The fourth-order valence-electron chi connectivity index (χ4n) is 5.34. The maximum Gasteiger partial charge on any atom is 0.241 e. The molecule has 9 nitrogen and oxygen atoms in total. The molecule has 39 heavy (non-hydrogen) atoms. The lowest BCUT2D eigenvalue weighted by Crippen LogP contribution is -2.08. The van der Waals surface area contributed by atoms with Crippen LogP contribution in [0.2, 0.25) is 0 Å². The number of hydrogen-bond acceptors (Lipinski definition) is 6. The van der Waals surface area contributed by atoms with Gasteiger partial charge in [-0.2, -0.15) is 20.3 Å². The molecule has 0 aliphatic heterocycles. The molecule has 0 aliphatic rings. The van der Waals surface area contributed by atoms with E-state index < -0.39 is 6.10 Å². The van der Waals surface area contributed by atoms with E-state index in [1.54, 1.807) is 11.8 Å². The lowest BCUT2D eigenvalue weighted by atomic mass is 9.95. The third-order valence-corrected chi connectivity index (χ3v) is 7.11. The molecule has 0 amide bonds. The van der Waals surface area contributed by atoms with Crippen molar-refractivity contribution in [3.05, 3.63) is 83.8 Å². The monoisotopic (exact) mass is 521 g/mol. The first-order valence-electron chi connectivity index (χ1n) is 13.0. The molecule has 198 valence electrons. The van der Waals surface area contributed by atoms with Gasteiger partial charge in [0.2, 0.25) is 5.88 Å². The van der Waals surface area contributed by atoms with Crippen LogP contribution in [0.4, 0.5) is 0 Å². The van der Waals surface area contributed by atoms with Gasteiger partial charge >= 0.3 is 0 Å². The number of nitrogens with zero attached hydrogens (tertiary/aromatic N) is 7. The summed E-state index contributed by atoms with van der Waals surface area (Å²) >= 11 is 0. The van der Waals surface area contributed by atoms with Crippen LogP contribution in [0.1, 0.15) is 42.7 Å². The number of methoxy groups -OCH3 is 1. The van der Waals surface area contributed by atoms with Gasteiger partial charge in [-0.1, -0.05) is 56.3 Å². The molecule has 4 heterocycles. The van der Waals surface area contributed by atoms with Crippen molar-refractivity contribution >= 4 is 21.9 Å². The molecular formula is C30H31N7O2. The Labute approximate surface area is 226 Å². The highest BCUT2D eigenvalue weighted by Crippen LogP contribution is 2.37. The summed E-state index contributed by atoms with van der Waals surface area (Å²) in [5.74, 6) is 0.689. The number of pyridine rings is 1. The standard InChI is InChI=1S/C30H31N7O2/c1-18(2)27-19(3)37(25-14-21-15-35(4)34-29(21)31-30(25)39-5)33-28(27)22-12-9-13-24-23(22)16-36(32-24)17-26(38)20-10-7-6-8-11-20/h6-16,18,26,38H,17H2,1-5H3/t26-/m0/s1. The first-order chi connectivity index (χ1) is 18.8. The third-order valence-electron chi connectivity index (χ3n) is 7.11. The van der Waals surface area contributed by atoms with Crippen LogP contribution in [0.3, 0.4) is 0 Å². The van der Waals surface area contributed by atoms with E-state index in [2.05, 4.69) is 36.9 Å². The second-order valence-corrected chi connectivity index (χ2v) is 10.2. The fraction of sp³-hybridized carbons (Fsp3) is 0.267. The third kappa shape index (κ3) is 4.34. The second kappa shape index (κ2) is 9.67. The van der Waals surface area contributed by atoms with Crippen molar-refractivity contribution in [2.75, 3.05) is 7.11 Å². The summed E-state index contributed by atoms with van der Waals surface area (Å²) in [6, 6.07) is 17.8. The number of aliphatic hydroxyl groups excluding tert-OH is 1. The molecule has 6 rings (SSSR count). The summed E-state index contributed by atoms with van der Waals surface area (Å²) < 4.78 is 11.2. The Balaban J connectivity index is 1.48. The Morgan fingerprint density at radius 2 is 1.77 bits per heavy atom. The van der Waals surface area contributed by atoms with Crippen LogP contribution in [0.15, 0.2) is 67.0 Å². The van der Waals surface area contributed by atoms with E-state index in [1.807, 2.05) is 77.3 Å². The topological polar surface area (TPSA) is 95.8 Å². The highest BCUT2D eigenvalue weighted by Gasteiger charge is 2.24. The van der Waals surface area contributed by atoms with Crippen molar-refractivity contribution in [3.8, 4) is 22.8 Å². The van der Waals surface area contributed by atoms with E-state index in [-0.39, 0.29) is 5.92 Å². The van der Waals surface area contributed by atoms with Crippen LogP contribution < -0.4 is 4.74 Å². The Hall–Kier alpha value is -4.50. The van der Waals surface area contributed by atoms with E-state index in [1.165, 1.54) is 0 Å². The van der Waals surface area contributed by atoms with Crippen LogP contribution in [0, 0.1) is 6.92 Å². The summed E-state index contributed by atoms with van der Waals surface area (Å²) in [7, 11) is 3.49. The zero-order chi connectivity index (χ0) is 27.3. The number of benzene rings is 2. The normalized spacial score (nSPS) is 12.6. The summed E-state index contributed by atoms with van der Waals surface area (Å²) in [6.45, 7) is 6.80. The van der Waals surface area contributed by atoms with Gasteiger partial charge in [-0.05, 0) is 30.5 Å². The fourth-order valence-corrected chi connectivity index (χ4v) is 5.34. The molecule has 6 aromatic rings. The van der Waals surface area contributed by atoms with Crippen LogP contribution in [-0.4, -0.2) is 46.5 Å². The predicted octanol–water partition coefficient (Wildman–Crippen LogP) is 5.34. The van der Waals surface area contributed by atoms with E-state index >= 15 is 0 Å². The Bertz CT molecular complexity index is 1800. The number of aromatic nitrogens is 7. The molecule has 1 N–H and O–H groups in total. The van der Waals surface area contributed by atoms with E-state index in [0.717, 1.165) is 50.1 Å². The predicted molar refractivity (Wildman–Crippen MR) is 151 cm³/mol. The maximum absolute atomic E-state index is 10.8. The highest BCUT2D eigenvalue weighted by molar-refractivity contribution is 5.94. The minimum absolute atomic E-state index is 0.222. The Morgan fingerprint density at radius 1 is 0.974 bits per heavy atom. The highest BCUT2D eigenvalue weighted by atomic mass is 16.5. The molecular weight excluding hydrogens is 490 g/mol. The lowest BCUT2D eigenvalue weighted by molar-refractivity contribution is 0.152. The molecule has 0 spiro atoms. The van der Waals surface area contributed by atoms with Crippen molar-refractivity contribution in [1.82, 2.24) is 34.3 Å². The molecule has 0 saturated carbocycles. The van der Waals surface area contributed by atoms with Crippen LogP contribution in [0.25, 0.3) is 38.9 Å². The SMILES string of the molecule is COc1nc2nn(C)cc2cc1-n1nc(-c2cccc3nn(C[C@H](O)c4ccccc4)cc23)c(C(C)C)c1C. The first kappa shape index (κ1) is 24.8. The van der Waals surface area contributed by atoms with Crippen LogP contribution >= 0.6 is 0 Å². The van der Waals surface area contributed by atoms with Gasteiger partial charge in [0, 0.05) is 47.0 Å². The average molecular weight is 522 g/mol. The van der Waals surface area contributed by atoms with Gasteiger partial charge in [-0.15, -0.1) is 0 Å². The van der Waals surface area contributed by atoms with Gasteiger partial charge in [-0.25, -0.2) is 4.68 Å². The molecule has 0 bridgehead atoms. The molecule has 9 heteroatoms. The number of aliphatic hydroxyl groups is 1. The zero-order valence-corrected chi connectivity index (χ0v) is 22.7. The van der Waals surface area contributed by atoms with Crippen LogP contribution in [0.5, 0.6) is 5.88 Å². The summed E-state index contributed by atoms with van der Waals surface area (Å²) in [5, 5.41) is 27.0. The number of aryl methyl sites for hydroxylation is 1. The van der Waals surface area contributed by atoms with Gasteiger partial charge in [0.25, 0.3) is 0 Å². The van der Waals surface area contributed by atoms with Crippen LogP contribution in [-0.2, 0) is 13.6 Å². The summed E-state index contributed by atoms with van der Waals surface area (Å²) in [4.78, 5) is 4.64. The molecule has 0 fully saturated rings. The quantitative estimate of drug-likeness (QED) is 0.305. The van der Waals surface area contributed by atoms with Gasteiger partial charge < -0.3 is 9.84 Å². The molecule has 0 radical (unpaired) electrons. The molecule has 0 unspecified atom stereocenters. The van der Waals surface area contributed by atoms with Gasteiger partial charge in [-0.3, -0.25) is 9.36 Å². The van der Waals surface area contributed by atoms with Crippen molar-refractivity contribution in [3.63, 3.8) is 0 Å². The Morgan fingerprint density at radius 3 is 2.51 bits per heavy atom. The smallest absolute Gasteiger partial charge is 0.241 e. The average Bonchev–Trinajstić information content (AvgIpc) is 3.61. The number of fused-ring (bicyclic) bond motifs is 2. The molecule has 0 aliphatic carbocycles. The largest absolute Gasteiger partial charge is 0.479 e. The minimum atomic E-state index is -0.654. The molecule has 1 atom stereocenters. The first-order valence-corrected chi connectivity index (χ1v) is 13.0. The van der Waals surface area contributed by atoms with Crippen molar-refractivity contribution < 1.29 is 9.84 Å². The molecule has 0 saturated heterocycles. The lowest BCUT2D eigenvalue weighted by Gasteiger charge is -2.10. The number of rotatable bonds is 7. The van der Waals surface area contributed by atoms with Gasteiger partial charge in [0.1, 0.15) is 5.69 Å². The van der Waals surface area contributed by atoms with Crippen molar-refractivity contribution in [2.45, 2.75) is 39.3 Å². The summed E-state index contributed by atoms with van der Waals surface area (Å²) in [6.07, 6.45) is 3.28. The van der Waals surface area contributed by atoms with Crippen molar-refractivity contribution in [2.24, 2.45) is 7.05 Å². The molecule has 4 aromatic heterocycles. The van der Waals surface area contributed by atoms with E-state index in [9.17, 15) is 5.11 Å². The van der Waals surface area contributed by atoms with E-state index in [4.69, 9.17) is 14.9 Å². The number of ether oxygens (including phenoxy) is 1. The van der Waals surface area contributed by atoms with Crippen molar-refractivity contribution in [1.29, 1.82) is 0 Å². The zero-order valence-electron chi connectivity index (χ0n) is 22.7. The maximum atomic E-state index is 10.8. The minimum Gasteiger partial charge on any atom is -0.479 e. The number of hydrogen-bond donors (Lipinski definition) is 1. The van der Waals surface area contributed by atoms with Gasteiger partial charge in [0.05, 0.1) is 31.0 Å². The second-order valence-electron chi connectivity index (χ2n) is 10.2.